The fraction of sp³-hybridized carbons (Fsp3) is 0.200. The number of fused-ring (bicyclic) bond motifs is 1. The van der Waals surface area contributed by atoms with E-state index in [2.05, 4.69) is 9.97 Å². The Morgan fingerprint density at radius 1 is 1.43 bits per heavy atom. The van der Waals surface area contributed by atoms with Gasteiger partial charge in [0.05, 0.1) is 24.3 Å². The second kappa shape index (κ2) is 3.14. The van der Waals surface area contributed by atoms with E-state index in [1.807, 2.05) is 6.92 Å². The first-order valence-electron chi connectivity index (χ1n) is 4.24. The normalized spacial score (nSPS) is 10.4. The van der Waals surface area contributed by atoms with Crippen molar-refractivity contribution in [1.29, 1.82) is 0 Å². The number of aromatic nitrogens is 2. The number of nitrogens with zero attached hydrogens (tertiary/aromatic N) is 1. The summed E-state index contributed by atoms with van der Waals surface area (Å²) >= 11 is 0. The van der Waals surface area contributed by atoms with Gasteiger partial charge >= 0.3 is 0 Å². The van der Waals surface area contributed by atoms with Crippen molar-refractivity contribution >= 4 is 11.0 Å². The summed E-state index contributed by atoms with van der Waals surface area (Å²) in [7, 11) is 1.57. The largest absolute Gasteiger partial charge is 0.495 e. The number of aromatic amines is 1. The Morgan fingerprint density at radius 2 is 2.21 bits per heavy atom. The van der Waals surface area contributed by atoms with Crippen LogP contribution in [-0.4, -0.2) is 17.1 Å². The molecule has 0 aliphatic heterocycles. The van der Waals surface area contributed by atoms with Crippen molar-refractivity contribution in [3.63, 3.8) is 0 Å². The van der Waals surface area contributed by atoms with Gasteiger partial charge in [-0.3, -0.25) is 9.78 Å². The Kier molecular flexibility index (Phi) is 1.96. The molecule has 2 aromatic rings. The molecule has 0 saturated carbocycles. The molecule has 0 radical (unpaired) electrons. The summed E-state index contributed by atoms with van der Waals surface area (Å²) in [6, 6.07) is 3.29. The van der Waals surface area contributed by atoms with Crippen molar-refractivity contribution in [2.45, 2.75) is 6.92 Å². The zero-order valence-corrected chi connectivity index (χ0v) is 8.00. The Hall–Kier alpha value is -1.84. The summed E-state index contributed by atoms with van der Waals surface area (Å²) < 4.78 is 5.02. The minimum atomic E-state index is -0.120. The molecule has 0 aliphatic rings. The first kappa shape index (κ1) is 8.74. The molecule has 4 nitrogen and oxygen atoms in total. The number of hydrogen-bond donors (Lipinski definition) is 1. The average molecular weight is 190 g/mol. The van der Waals surface area contributed by atoms with Gasteiger partial charge in [0.25, 0.3) is 0 Å². The molecule has 0 fully saturated rings. The molecule has 0 unspecified atom stereocenters. The van der Waals surface area contributed by atoms with Gasteiger partial charge in [-0.1, -0.05) is 0 Å². The van der Waals surface area contributed by atoms with Crippen molar-refractivity contribution in [1.82, 2.24) is 9.97 Å². The summed E-state index contributed by atoms with van der Waals surface area (Å²) in [5.74, 6) is 0.638. The predicted octanol–water partition coefficient (Wildman–Crippen LogP) is 1.24. The Bertz CT molecular complexity index is 531. The summed E-state index contributed by atoms with van der Waals surface area (Å²) in [4.78, 5) is 18.1. The minimum Gasteiger partial charge on any atom is -0.495 e. The zero-order valence-electron chi connectivity index (χ0n) is 8.00. The van der Waals surface area contributed by atoms with Crippen LogP contribution in [0.15, 0.2) is 23.1 Å². The third kappa shape index (κ3) is 1.35. The van der Waals surface area contributed by atoms with Gasteiger partial charge in [-0.05, 0) is 12.5 Å². The number of methoxy groups -OCH3 is 1. The van der Waals surface area contributed by atoms with Crippen LogP contribution in [0.5, 0.6) is 5.75 Å². The molecular weight excluding hydrogens is 180 g/mol. The fourth-order valence-electron chi connectivity index (χ4n) is 1.40. The summed E-state index contributed by atoms with van der Waals surface area (Å²) in [6.07, 6.45) is 1.63. The first-order valence-corrected chi connectivity index (χ1v) is 4.24. The lowest BCUT2D eigenvalue weighted by Gasteiger charge is -2.02. The number of hydrogen-bond acceptors (Lipinski definition) is 3. The topological polar surface area (TPSA) is 55.0 Å². The quantitative estimate of drug-likeness (QED) is 0.736. The second-order valence-corrected chi connectivity index (χ2v) is 3.09. The summed E-state index contributed by atoms with van der Waals surface area (Å²) in [6.45, 7) is 1.86. The lowest BCUT2D eigenvalue weighted by molar-refractivity contribution is 0.413. The highest BCUT2D eigenvalue weighted by Crippen LogP contribution is 2.16. The van der Waals surface area contributed by atoms with Crippen LogP contribution in [0, 0.1) is 6.92 Å². The Labute approximate surface area is 80.6 Å². The lowest BCUT2D eigenvalue weighted by Crippen LogP contribution is -2.05. The van der Waals surface area contributed by atoms with Gasteiger partial charge in [0, 0.05) is 12.1 Å². The monoisotopic (exact) mass is 190 g/mol. The van der Waals surface area contributed by atoms with E-state index in [0.29, 0.717) is 11.3 Å². The molecule has 14 heavy (non-hydrogen) atoms. The van der Waals surface area contributed by atoms with Crippen LogP contribution in [-0.2, 0) is 0 Å². The van der Waals surface area contributed by atoms with Crippen LogP contribution in [0.25, 0.3) is 11.0 Å². The van der Waals surface area contributed by atoms with Gasteiger partial charge in [-0.25, -0.2) is 0 Å². The Balaban J connectivity index is 2.82. The SMILES string of the molecule is COc1cnc2c(C)cc(=O)[nH]c2c1. The van der Waals surface area contributed by atoms with E-state index in [-0.39, 0.29) is 5.56 Å². The number of H-pyrrole nitrogens is 1. The van der Waals surface area contributed by atoms with Gasteiger partial charge in [0.2, 0.25) is 5.56 Å². The zero-order chi connectivity index (χ0) is 10.1. The highest BCUT2D eigenvalue weighted by atomic mass is 16.5. The molecule has 0 saturated heterocycles. The minimum absolute atomic E-state index is 0.120. The number of pyridine rings is 2. The molecule has 2 aromatic heterocycles. The third-order valence-corrected chi connectivity index (χ3v) is 2.08. The smallest absolute Gasteiger partial charge is 0.248 e. The van der Waals surface area contributed by atoms with Crippen LogP contribution in [0.4, 0.5) is 0 Å². The molecule has 1 N–H and O–H groups in total. The van der Waals surface area contributed by atoms with Gasteiger partial charge in [0.1, 0.15) is 5.75 Å². The van der Waals surface area contributed by atoms with E-state index < -0.39 is 0 Å². The standard InChI is InChI=1S/C10H10N2O2/c1-6-3-9(13)12-8-4-7(14-2)5-11-10(6)8/h3-5H,1-2H3,(H,12,13). The highest BCUT2D eigenvalue weighted by Gasteiger charge is 2.01. The molecule has 0 atom stereocenters. The molecule has 2 heterocycles. The van der Waals surface area contributed by atoms with Gasteiger partial charge in [-0.15, -0.1) is 0 Å². The lowest BCUT2D eigenvalue weighted by atomic mass is 10.2. The van der Waals surface area contributed by atoms with Crippen LogP contribution in [0.2, 0.25) is 0 Å². The maximum absolute atomic E-state index is 11.2. The van der Waals surface area contributed by atoms with Crippen molar-refractivity contribution in [3.8, 4) is 5.75 Å². The summed E-state index contributed by atoms with van der Waals surface area (Å²) in [5.41, 5.74) is 2.25. The van der Waals surface area contributed by atoms with Gasteiger partial charge in [0.15, 0.2) is 0 Å². The molecule has 0 aliphatic carbocycles. The molecule has 0 spiro atoms. The van der Waals surface area contributed by atoms with Crippen molar-refractivity contribution in [3.05, 3.63) is 34.2 Å². The van der Waals surface area contributed by atoms with Crippen LogP contribution in [0.3, 0.4) is 0 Å². The van der Waals surface area contributed by atoms with Crippen molar-refractivity contribution in [2.75, 3.05) is 7.11 Å². The van der Waals surface area contributed by atoms with E-state index in [9.17, 15) is 4.79 Å². The summed E-state index contributed by atoms with van der Waals surface area (Å²) in [5, 5.41) is 0. The van der Waals surface area contributed by atoms with Gasteiger partial charge < -0.3 is 9.72 Å². The van der Waals surface area contributed by atoms with E-state index >= 15 is 0 Å². The molecular formula is C10H10N2O2. The maximum Gasteiger partial charge on any atom is 0.248 e. The number of rotatable bonds is 1. The van der Waals surface area contributed by atoms with E-state index in [1.165, 1.54) is 6.07 Å². The highest BCUT2D eigenvalue weighted by molar-refractivity contribution is 5.78. The Morgan fingerprint density at radius 3 is 2.93 bits per heavy atom. The van der Waals surface area contributed by atoms with Crippen LogP contribution in [0.1, 0.15) is 5.56 Å². The van der Waals surface area contributed by atoms with E-state index in [1.54, 1.807) is 19.4 Å². The van der Waals surface area contributed by atoms with E-state index in [0.717, 1.165) is 11.1 Å². The maximum atomic E-state index is 11.2. The molecule has 2 rings (SSSR count). The second-order valence-electron chi connectivity index (χ2n) is 3.09. The molecule has 0 aromatic carbocycles. The number of nitrogens with one attached hydrogen (secondary N) is 1. The molecule has 0 amide bonds. The predicted molar refractivity (Wildman–Crippen MR) is 53.7 cm³/mol. The van der Waals surface area contributed by atoms with Crippen LogP contribution < -0.4 is 10.3 Å². The molecule has 0 bridgehead atoms. The first-order chi connectivity index (χ1) is 6.70. The number of ether oxygens (including phenoxy) is 1. The van der Waals surface area contributed by atoms with E-state index in [4.69, 9.17) is 4.74 Å². The molecule has 4 heteroatoms. The fourth-order valence-corrected chi connectivity index (χ4v) is 1.40. The third-order valence-electron chi connectivity index (χ3n) is 2.08. The molecule has 72 valence electrons. The van der Waals surface area contributed by atoms with Crippen molar-refractivity contribution < 1.29 is 4.74 Å². The average Bonchev–Trinajstić information content (AvgIpc) is 2.16. The van der Waals surface area contributed by atoms with Crippen molar-refractivity contribution in [2.24, 2.45) is 0 Å². The number of aryl methyl sites for hydroxylation is 1. The van der Waals surface area contributed by atoms with Gasteiger partial charge in [-0.2, -0.15) is 0 Å². The van der Waals surface area contributed by atoms with Crippen LogP contribution >= 0.6 is 0 Å².